The summed E-state index contributed by atoms with van der Waals surface area (Å²) in [6.07, 6.45) is 1.80. The minimum atomic E-state index is 0.708. The Morgan fingerprint density at radius 1 is 1.35 bits per heavy atom. The van der Waals surface area contributed by atoms with E-state index in [0.717, 1.165) is 17.9 Å². The Bertz CT molecular complexity index is 618. The van der Waals surface area contributed by atoms with Crippen LogP contribution in [0.1, 0.15) is 16.8 Å². The van der Waals surface area contributed by atoms with Crippen molar-refractivity contribution in [1.29, 1.82) is 0 Å². The minimum absolute atomic E-state index is 0.708. The first-order valence-electron chi connectivity index (χ1n) is 6.53. The third kappa shape index (κ3) is 3.36. The van der Waals surface area contributed by atoms with E-state index in [-0.39, 0.29) is 0 Å². The number of aryl methyl sites for hydroxylation is 3. The highest BCUT2D eigenvalue weighted by molar-refractivity contribution is 7.80. The van der Waals surface area contributed by atoms with Gasteiger partial charge in [-0.3, -0.25) is 4.68 Å². The van der Waals surface area contributed by atoms with Crippen LogP contribution >= 0.6 is 12.2 Å². The summed E-state index contributed by atoms with van der Waals surface area (Å²) in [4.78, 5) is 2.01. The van der Waals surface area contributed by atoms with Gasteiger partial charge in [0.25, 0.3) is 0 Å². The maximum Gasteiger partial charge on any atom is 0.173 e. The molecule has 0 amide bonds. The molecule has 4 nitrogen and oxygen atoms in total. The Kier molecular flexibility index (Phi) is 4.39. The Morgan fingerprint density at radius 3 is 2.75 bits per heavy atom. The molecule has 0 aliphatic heterocycles. The van der Waals surface area contributed by atoms with Crippen molar-refractivity contribution in [1.82, 2.24) is 14.7 Å². The highest BCUT2D eigenvalue weighted by atomic mass is 32.1. The van der Waals surface area contributed by atoms with Crippen molar-refractivity contribution in [2.24, 2.45) is 7.05 Å². The lowest BCUT2D eigenvalue weighted by Crippen LogP contribution is -2.31. The maximum absolute atomic E-state index is 5.46. The van der Waals surface area contributed by atoms with Gasteiger partial charge in [-0.1, -0.05) is 12.1 Å². The summed E-state index contributed by atoms with van der Waals surface area (Å²) in [5, 5.41) is 8.18. The van der Waals surface area contributed by atoms with E-state index < -0.39 is 0 Å². The van der Waals surface area contributed by atoms with Crippen LogP contribution in [0.5, 0.6) is 0 Å². The molecule has 1 aromatic carbocycles. The van der Waals surface area contributed by atoms with Crippen LogP contribution in [0.4, 0.5) is 5.69 Å². The topological polar surface area (TPSA) is 33.1 Å². The molecule has 1 aromatic heterocycles. The largest absolute Gasteiger partial charge is 0.346 e. The number of nitrogens with zero attached hydrogens (tertiary/aromatic N) is 3. The molecule has 5 heteroatoms. The highest BCUT2D eigenvalue weighted by Gasteiger charge is 2.09. The Balaban J connectivity index is 2.04. The van der Waals surface area contributed by atoms with Crippen molar-refractivity contribution in [2.45, 2.75) is 20.4 Å². The first kappa shape index (κ1) is 14.5. The lowest BCUT2D eigenvalue weighted by atomic mass is 10.1. The predicted molar refractivity (Wildman–Crippen MR) is 86.8 cm³/mol. The molecule has 2 rings (SSSR count). The number of rotatable bonds is 3. The van der Waals surface area contributed by atoms with Gasteiger partial charge in [-0.05, 0) is 49.3 Å². The van der Waals surface area contributed by atoms with Crippen molar-refractivity contribution in [2.75, 3.05) is 12.4 Å². The van der Waals surface area contributed by atoms with Crippen molar-refractivity contribution < 1.29 is 0 Å². The molecule has 0 saturated heterocycles. The molecule has 106 valence electrons. The highest BCUT2D eigenvalue weighted by Crippen LogP contribution is 2.17. The number of thiocarbonyl (C=S) groups is 1. The zero-order chi connectivity index (χ0) is 14.7. The molecule has 0 bridgehead atoms. The fourth-order valence-corrected chi connectivity index (χ4v) is 2.13. The van der Waals surface area contributed by atoms with Gasteiger partial charge in [0.1, 0.15) is 0 Å². The fourth-order valence-electron chi connectivity index (χ4n) is 1.95. The molecule has 0 saturated carbocycles. The smallest absolute Gasteiger partial charge is 0.173 e. The number of hydrogen-bond acceptors (Lipinski definition) is 2. The SMILES string of the molecule is Cc1ccc(C)c(NC(=S)N(C)Cc2ccnn2C)c1. The molecule has 0 aliphatic rings. The molecule has 0 unspecified atom stereocenters. The molecule has 2 aromatic rings. The van der Waals surface area contributed by atoms with E-state index in [1.54, 1.807) is 6.20 Å². The van der Waals surface area contributed by atoms with Crippen LogP contribution in [0.3, 0.4) is 0 Å². The maximum atomic E-state index is 5.46. The van der Waals surface area contributed by atoms with Gasteiger partial charge >= 0.3 is 0 Å². The molecule has 1 heterocycles. The summed E-state index contributed by atoms with van der Waals surface area (Å²) in [6.45, 7) is 4.88. The number of anilines is 1. The molecule has 1 N–H and O–H groups in total. The third-order valence-electron chi connectivity index (χ3n) is 3.30. The second kappa shape index (κ2) is 6.05. The Hall–Kier alpha value is -1.88. The van der Waals surface area contributed by atoms with Gasteiger partial charge in [-0.2, -0.15) is 5.10 Å². The van der Waals surface area contributed by atoms with Crippen molar-refractivity contribution in [3.05, 3.63) is 47.3 Å². The molecule has 20 heavy (non-hydrogen) atoms. The van der Waals surface area contributed by atoms with E-state index in [1.165, 1.54) is 11.1 Å². The molecular weight excluding hydrogens is 268 g/mol. The summed E-state index contributed by atoms with van der Waals surface area (Å²) in [5.74, 6) is 0. The Morgan fingerprint density at radius 2 is 2.10 bits per heavy atom. The normalized spacial score (nSPS) is 10.4. The molecule has 0 aliphatic carbocycles. The molecule has 0 spiro atoms. The standard InChI is InChI=1S/C15H20N4S/c1-11-5-6-12(2)14(9-11)17-15(20)18(3)10-13-7-8-16-19(13)4/h5-9H,10H2,1-4H3,(H,17,20). The summed E-state index contributed by atoms with van der Waals surface area (Å²) in [6, 6.07) is 8.31. The summed E-state index contributed by atoms with van der Waals surface area (Å²) in [5.41, 5.74) is 4.59. The van der Waals surface area contributed by atoms with Gasteiger partial charge in [0.05, 0.1) is 12.2 Å². The number of aromatic nitrogens is 2. The van der Waals surface area contributed by atoms with E-state index in [0.29, 0.717) is 5.11 Å². The molecule has 0 radical (unpaired) electrons. The van der Waals surface area contributed by atoms with Crippen molar-refractivity contribution in [3.8, 4) is 0 Å². The number of hydrogen-bond donors (Lipinski definition) is 1. The fraction of sp³-hybridized carbons (Fsp3) is 0.333. The second-order valence-electron chi connectivity index (χ2n) is 5.05. The quantitative estimate of drug-likeness (QED) is 0.881. The van der Waals surface area contributed by atoms with Crippen LogP contribution in [0, 0.1) is 13.8 Å². The van der Waals surface area contributed by atoms with Crippen LogP contribution < -0.4 is 5.32 Å². The van der Waals surface area contributed by atoms with Gasteiger partial charge in [0, 0.05) is 26.0 Å². The molecule has 0 fully saturated rings. The van der Waals surface area contributed by atoms with Crippen molar-refractivity contribution >= 4 is 23.0 Å². The first-order valence-corrected chi connectivity index (χ1v) is 6.94. The molecule has 0 atom stereocenters. The monoisotopic (exact) mass is 288 g/mol. The van der Waals surface area contributed by atoms with Gasteiger partial charge in [-0.15, -0.1) is 0 Å². The zero-order valence-corrected chi connectivity index (χ0v) is 13.2. The van der Waals surface area contributed by atoms with Gasteiger partial charge in [-0.25, -0.2) is 0 Å². The van der Waals surface area contributed by atoms with E-state index in [2.05, 4.69) is 42.5 Å². The predicted octanol–water partition coefficient (Wildman–Crippen LogP) is 2.87. The summed E-state index contributed by atoms with van der Waals surface area (Å²) in [7, 11) is 3.91. The summed E-state index contributed by atoms with van der Waals surface area (Å²) >= 11 is 5.46. The minimum Gasteiger partial charge on any atom is -0.346 e. The number of benzene rings is 1. The van der Waals surface area contributed by atoms with Gasteiger partial charge in [0.15, 0.2) is 5.11 Å². The van der Waals surface area contributed by atoms with Crippen LogP contribution in [-0.2, 0) is 13.6 Å². The first-order chi connectivity index (χ1) is 9.47. The van der Waals surface area contributed by atoms with Gasteiger partial charge in [0.2, 0.25) is 0 Å². The average Bonchev–Trinajstić information content (AvgIpc) is 2.79. The van der Waals surface area contributed by atoms with Crippen LogP contribution in [0.25, 0.3) is 0 Å². The van der Waals surface area contributed by atoms with E-state index in [4.69, 9.17) is 12.2 Å². The third-order valence-corrected chi connectivity index (χ3v) is 3.72. The lowest BCUT2D eigenvalue weighted by molar-refractivity contribution is 0.482. The second-order valence-corrected chi connectivity index (χ2v) is 5.44. The van der Waals surface area contributed by atoms with E-state index >= 15 is 0 Å². The van der Waals surface area contributed by atoms with Crippen LogP contribution in [0.15, 0.2) is 30.5 Å². The average molecular weight is 288 g/mol. The lowest BCUT2D eigenvalue weighted by Gasteiger charge is -2.22. The van der Waals surface area contributed by atoms with Crippen molar-refractivity contribution in [3.63, 3.8) is 0 Å². The number of nitrogens with one attached hydrogen (secondary N) is 1. The van der Waals surface area contributed by atoms with E-state index in [9.17, 15) is 0 Å². The summed E-state index contributed by atoms with van der Waals surface area (Å²) < 4.78 is 1.86. The van der Waals surface area contributed by atoms with Gasteiger partial charge < -0.3 is 10.2 Å². The zero-order valence-electron chi connectivity index (χ0n) is 12.3. The van der Waals surface area contributed by atoms with Crippen LogP contribution in [0.2, 0.25) is 0 Å². The van der Waals surface area contributed by atoms with Crippen LogP contribution in [-0.4, -0.2) is 26.8 Å². The molecular formula is C15H20N4S. The Labute approximate surface area is 125 Å². The van der Waals surface area contributed by atoms with E-state index in [1.807, 2.05) is 29.7 Å².